The number of hydrogen-bond donors (Lipinski definition) is 2. The monoisotopic (exact) mass is 279 g/mol. The van der Waals surface area contributed by atoms with E-state index in [4.69, 9.17) is 10.2 Å². The van der Waals surface area contributed by atoms with E-state index in [2.05, 4.69) is 0 Å². The Kier molecular flexibility index (Phi) is 16.9. The fraction of sp³-hybridized carbons (Fsp3) is 0. The van der Waals surface area contributed by atoms with Crippen molar-refractivity contribution in [1.29, 1.82) is 0 Å². The van der Waals surface area contributed by atoms with Crippen molar-refractivity contribution in [2.45, 2.75) is 0 Å². The van der Waals surface area contributed by atoms with Crippen LogP contribution >= 0.6 is 0 Å². The predicted molar refractivity (Wildman–Crippen MR) is 25.5 cm³/mol. The van der Waals surface area contributed by atoms with Gasteiger partial charge in [0.15, 0.2) is 0 Å². The third kappa shape index (κ3) is 15.9. The number of rotatable bonds is 2. The first kappa shape index (κ1) is 17.1. The summed E-state index contributed by atoms with van der Waals surface area (Å²) < 4.78 is 0. The Labute approximate surface area is 109 Å². The zero-order valence-electron chi connectivity index (χ0n) is 6.44. The zero-order valence-corrected chi connectivity index (χ0v) is 11.1. The second-order valence-corrected chi connectivity index (χ2v) is 1.01. The molecule has 0 aromatic rings. The van der Waals surface area contributed by atoms with Crippen molar-refractivity contribution in [2.75, 3.05) is 0 Å². The Balaban J connectivity index is -0.0000000817. The summed E-state index contributed by atoms with van der Waals surface area (Å²) in [6.45, 7) is 0. The van der Waals surface area contributed by atoms with Crippen LogP contribution in [-0.4, -0.2) is 22.2 Å². The molecular formula is C4H5LaNaO4. The molecule has 0 aromatic carbocycles. The van der Waals surface area contributed by atoms with E-state index in [1.807, 2.05) is 0 Å². The van der Waals surface area contributed by atoms with Gasteiger partial charge in [0.2, 0.25) is 0 Å². The van der Waals surface area contributed by atoms with Gasteiger partial charge in [0.05, 0.1) is 0 Å². The van der Waals surface area contributed by atoms with Crippen LogP contribution in [0.4, 0.5) is 0 Å². The van der Waals surface area contributed by atoms with Gasteiger partial charge in [0.25, 0.3) is 0 Å². The van der Waals surface area contributed by atoms with Crippen molar-refractivity contribution >= 4 is 11.9 Å². The molecule has 1 radical (unpaired) electrons. The SMILES string of the molecule is O=C(O)/C=C\C(=O)O.[H-].[La].[Na+]. The van der Waals surface area contributed by atoms with E-state index in [1.54, 1.807) is 0 Å². The van der Waals surface area contributed by atoms with Gasteiger partial charge >= 0.3 is 41.5 Å². The first-order chi connectivity index (χ1) is 3.63. The molecule has 0 spiro atoms. The zero-order chi connectivity index (χ0) is 6.57. The number of carboxylic acid groups (broad SMARTS) is 2. The second kappa shape index (κ2) is 9.87. The van der Waals surface area contributed by atoms with Crippen molar-refractivity contribution in [3.8, 4) is 0 Å². The molecule has 0 fully saturated rings. The number of carboxylic acids is 2. The molecule has 0 bridgehead atoms. The van der Waals surface area contributed by atoms with Crippen LogP contribution in [0.5, 0.6) is 0 Å². The molecule has 0 aliphatic heterocycles. The minimum atomic E-state index is -1.26. The van der Waals surface area contributed by atoms with Crippen LogP contribution in [0.1, 0.15) is 1.43 Å². The van der Waals surface area contributed by atoms with Gasteiger partial charge in [-0.15, -0.1) is 0 Å². The molecule has 0 aliphatic rings. The molecule has 49 valence electrons. The van der Waals surface area contributed by atoms with E-state index in [9.17, 15) is 9.59 Å². The number of carbonyl (C=O) groups is 2. The summed E-state index contributed by atoms with van der Waals surface area (Å²) in [5.74, 6) is -2.51. The van der Waals surface area contributed by atoms with Crippen LogP contribution in [0.3, 0.4) is 0 Å². The van der Waals surface area contributed by atoms with Gasteiger partial charge < -0.3 is 11.6 Å². The third-order valence-corrected chi connectivity index (χ3v) is 0.368. The third-order valence-electron chi connectivity index (χ3n) is 0.368. The van der Waals surface area contributed by atoms with Crippen molar-refractivity contribution in [3.63, 3.8) is 0 Å². The largest absolute Gasteiger partial charge is 1.00 e. The quantitative estimate of drug-likeness (QED) is 0.413. The molecule has 2 N–H and O–H groups in total. The summed E-state index contributed by atoms with van der Waals surface area (Å²) in [6, 6.07) is 0. The van der Waals surface area contributed by atoms with Gasteiger partial charge in [-0.1, -0.05) is 0 Å². The smallest absolute Gasteiger partial charge is 1.00 e. The average Bonchev–Trinajstić information content (AvgIpc) is 1.61. The Morgan fingerprint density at radius 1 is 1.10 bits per heavy atom. The van der Waals surface area contributed by atoms with Crippen LogP contribution < -0.4 is 29.6 Å². The Bertz CT molecular complexity index is 133. The molecule has 0 amide bonds. The molecule has 6 heteroatoms. The summed E-state index contributed by atoms with van der Waals surface area (Å²) in [6.07, 6.45) is 1.12. The first-order valence-electron chi connectivity index (χ1n) is 1.77. The topological polar surface area (TPSA) is 74.6 Å². The molecule has 0 aliphatic carbocycles. The maximum absolute atomic E-state index is 9.55. The molecule has 0 atom stereocenters. The van der Waals surface area contributed by atoms with Crippen molar-refractivity contribution < 1.29 is 86.4 Å². The van der Waals surface area contributed by atoms with Crippen LogP contribution in [0.25, 0.3) is 0 Å². The van der Waals surface area contributed by atoms with Crippen LogP contribution in [0.15, 0.2) is 12.2 Å². The molecule has 4 nitrogen and oxygen atoms in total. The predicted octanol–water partition coefficient (Wildman–Crippen LogP) is -3.17. The van der Waals surface area contributed by atoms with E-state index in [0.717, 1.165) is 0 Å². The van der Waals surface area contributed by atoms with Crippen LogP contribution in [0, 0.1) is 35.6 Å². The van der Waals surface area contributed by atoms with Crippen molar-refractivity contribution in [2.24, 2.45) is 0 Å². The minimum absolute atomic E-state index is 0. The molecule has 0 rings (SSSR count). The Morgan fingerprint density at radius 3 is 1.40 bits per heavy atom. The fourth-order valence-corrected chi connectivity index (χ4v) is 0.143. The second-order valence-electron chi connectivity index (χ2n) is 1.01. The maximum atomic E-state index is 9.55. The van der Waals surface area contributed by atoms with Gasteiger partial charge in [-0.25, -0.2) is 9.59 Å². The van der Waals surface area contributed by atoms with Gasteiger partial charge in [0, 0.05) is 47.8 Å². The molecule has 0 heterocycles. The van der Waals surface area contributed by atoms with E-state index >= 15 is 0 Å². The molecule has 10 heavy (non-hydrogen) atoms. The summed E-state index contributed by atoms with van der Waals surface area (Å²) >= 11 is 0. The van der Waals surface area contributed by atoms with Gasteiger partial charge in [0.1, 0.15) is 0 Å². The number of aliphatic carboxylic acids is 2. The minimum Gasteiger partial charge on any atom is -1.00 e. The Morgan fingerprint density at radius 2 is 1.30 bits per heavy atom. The molecule has 0 aromatic heterocycles. The summed E-state index contributed by atoms with van der Waals surface area (Å²) in [5.41, 5.74) is 0. The summed E-state index contributed by atoms with van der Waals surface area (Å²) in [4.78, 5) is 19.1. The average molecular weight is 279 g/mol. The van der Waals surface area contributed by atoms with E-state index in [1.165, 1.54) is 0 Å². The van der Waals surface area contributed by atoms with E-state index < -0.39 is 11.9 Å². The first-order valence-corrected chi connectivity index (χ1v) is 1.77. The maximum Gasteiger partial charge on any atom is 1.00 e. The fourth-order valence-electron chi connectivity index (χ4n) is 0.143. The van der Waals surface area contributed by atoms with Gasteiger partial charge in [-0.05, 0) is 0 Å². The standard InChI is InChI=1S/C4H4O4.La.Na.H/c5-3(6)1-2-4(7)8;;;/h1-2H,(H,5,6)(H,7,8);;;/q;;+1;-1/b2-1-;;;. The van der Waals surface area contributed by atoms with Gasteiger partial charge in [-0.3, -0.25) is 0 Å². The summed E-state index contributed by atoms with van der Waals surface area (Å²) in [7, 11) is 0. The van der Waals surface area contributed by atoms with Crippen molar-refractivity contribution in [3.05, 3.63) is 12.2 Å². The Hall–Kier alpha value is 0.875. The van der Waals surface area contributed by atoms with E-state index in [-0.39, 0.29) is 66.6 Å². The van der Waals surface area contributed by atoms with Crippen molar-refractivity contribution in [1.82, 2.24) is 0 Å². The van der Waals surface area contributed by atoms with Crippen LogP contribution in [0.2, 0.25) is 0 Å². The van der Waals surface area contributed by atoms with Gasteiger partial charge in [-0.2, -0.15) is 0 Å². The molecule has 0 saturated carbocycles. The van der Waals surface area contributed by atoms with Crippen LogP contribution in [-0.2, 0) is 9.59 Å². The number of hydrogen-bond acceptors (Lipinski definition) is 2. The molecule has 0 saturated heterocycles. The molecular weight excluding hydrogens is 274 g/mol. The normalized spacial score (nSPS) is 7.60. The van der Waals surface area contributed by atoms with E-state index in [0.29, 0.717) is 12.2 Å². The summed E-state index contributed by atoms with van der Waals surface area (Å²) in [5, 5.41) is 15.6. The molecule has 0 unspecified atom stereocenters.